The zero-order valence-electron chi connectivity index (χ0n) is 6.79. The van der Waals surface area contributed by atoms with E-state index in [4.69, 9.17) is 10.8 Å². The topological polar surface area (TPSA) is 63.3 Å². The molecule has 0 aromatic heterocycles. The molecule has 0 amide bonds. The highest BCUT2D eigenvalue weighted by molar-refractivity contribution is 5.79. The van der Waals surface area contributed by atoms with Gasteiger partial charge >= 0.3 is 5.97 Å². The maximum atomic E-state index is 9.98. The third-order valence-corrected chi connectivity index (χ3v) is 1.29. The Kier molecular flexibility index (Phi) is 5.47. The zero-order valence-corrected chi connectivity index (χ0v) is 6.79. The van der Waals surface area contributed by atoms with Crippen LogP contribution in [0.25, 0.3) is 0 Å². The Morgan fingerprint density at radius 1 is 1.73 bits per heavy atom. The lowest BCUT2D eigenvalue weighted by molar-refractivity contribution is -0.131. The second kappa shape index (κ2) is 5.92. The summed E-state index contributed by atoms with van der Waals surface area (Å²) in [6, 6.07) is 0.216. The van der Waals surface area contributed by atoms with Crippen molar-refractivity contribution in [3.05, 3.63) is 12.2 Å². The molecule has 0 heterocycles. The molecule has 1 atom stereocenters. The van der Waals surface area contributed by atoms with E-state index in [2.05, 4.69) is 0 Å². The fourth-order valence-corrected chi connectivity index (χ4v) is 0.742. The SMILES string of the molecule is CC(N)CCC/C=C/C(=O)O. The number of carbonyl (C=O) groups is 1. The van der Waals surface area contributed by atoms with Crippen LogP contribution in [-0.4, -0.2) is 17.1 Å². The number of hydrogen-bond acceptors (Lipinski definition) is 2. The molecule has 0 rings (SSSR count). The average molecular weight is 157 g/mol. The molecule has 0 aliphatic rings. The van der Waals surface area contributed by atoms with E-state index in [1.807, 2.05) is 6.92 Å². The predicted octanol–water partition coefficient (Wildman–Crippen LogP) is 1.14. The van der Waals surface area contributed by atoms with Gasteiger partial charge in [0, 0.05) is 12.1 Å². The lowest BCUT2D eigenvalue weighted by Crippen LogP contribution is -2.13. The summed E-state index contributed by atoms with van der Waals surface area (Å²) in [5, 5.41) is 8.21. The lowest BCUT2D eigenvalue weighted by atomic mass is 10.1. The maximum Gasteiger partial charge on any atom is 0.327 e. The molecule has 0 fully saturated rings. The van der Waals surface area contributed by atoms with Gasteiger partial charge in [0.2, 0.25) is 0 Å². The van der Waals surface area contributed by atoms with Crippen molar-refractivity contribution in [1.82, 2.24) is 0 Å². The van der Waals surface area contributed by atoms with Crippen LogP contribution in [0.5, 0.6) is 0 Å². The third-order valence-electron chi connectivity index (χ3n) is 1.29. The van der Waals surface area contributed by atoms with E-state index in [0.717, 1.165) is 19.3 Å². The molecule has 0 aromatic carbocycles. The smallest absolute Gasteiger partial charge is 0.327 e. The number of hydrogen-bond donors (Lipinski definition) is 2. The standard InChI is InChI=1S/C8H15NO2/c1-7(9)5-3-2-4-6-8(10)11/h4,6-7H,2-3,5,9H2,1H3,(H,10,11)/b6-4+. The molecule has 0 saturated heterocycles. The minimum absolute atomic E-state index is 0.216. The maximum absolute atomic E-state index is 9.98. The largest absolute Gasteiger partial charge is 0.478 e. The Bertz CT molecular complexity index is 141. The van der Waals surface area contributed by atoms with Gasteiger partial charge in [-0.3, -0.25) is 0 Å². The van der Waals surface area contributed by atoms with E-state index in [9.17, 15) is 4.79 Å². The van der Waals surface area contributed by atoms with Crippen LogP contribution in [0.4, 0.5) is 0 Å². The van der Waals surface area contributed by atoms with E-state index >= 15 is 0 Å². The van der Waals surface area contributed by atoms with Crippen molar-refractivity contribution in [3.8, 4) is 0 Å². The minimum Gasteiger partial charge on any atom is -0.478 e. The molecule has 0 bridgehead atoms. The van der Waals surface area contributed by atoms with Crippen molar-refractivity contribution in [2.24, 2.45) is 5.73 Å². The van der Waals surface area contributed by atoms with Crippen molar-refractivity contribution in [1.29, 1.82) is 0 Å². The quantitative estimate of drug-likeness (QED) is 0.464. The van der Waals surface area contributed by atoms with Gasteiger partial charge in [0.15, 0.2) is 0 Å². The molecule has 0 saturated carbocycles. The van der Waals surface area contributed by atoms with Crippen molar-refractivity contribution in [2.45, 2.75) is 32.2 Å². The van der Waals surface area contributed by atoms with Gasteiger partial charge in [0.25, 0.3) is 0 Å². The van der Waals surface area contributed by atoms with E-state index in [1.54, 1.807) is 6.08 Å². The molecule has 3 nitrogen and oxygen atoms in total. The van der Waals surface area contributed by atoms with Crippen molar-refractivity contribution < 1.29 is 9.90 Å². The first-order chi connectivity index (χ1) is 5.13. The van der Waals surface area contributed by atoms with Crippen LogP contribution in [-0.2, 0) is 4.79 Å². The molecule has 3 N–H and O–H groups in total. The summed E-state index contributed by atoms with van der Waals surface area (Å²) < 4.78 is 0. The van der Waals surface area contributed by atoms with Gasteiger partial charge in [-0.25, -0.2) is 4.79 Å². The fraction of sp³-hybridized carbons (Fsp3) is 0.625. The number of rotatable bonds is 5. The Labute approximate surface area is 66.9 Å². The number of carboxylic acids is 1. The molecule has 64 valence electrons. The highest BCUT2D eigenvalue weighted by Gasteiger charge is 1.91. The Balaban J connectivity index is 3.21. The van der Waals surface area contributed by atoms with Crippen LogP contribution < -0.4 is 5.73 Å². The van der Waals surface area contributed by atoms with E-state index in [1.165, 1.54) is 6.08 Å². The Morgan fingerprint density at radius 3 is 2.82 bits per heavy atom. The summed E-state index contributed by atoms with van der Waals surface area (Å²) in [6.45, 7) is 1.95. The second-order valence-electron chi connectivity index (χ2n) is 2.65. The van der Waals surface area contributed by atoms with E-state index in [0.29, 0.717) is 0 Å². The number of aliphatic carboxylic acids is 1. The number of allylic oxidation sites excluding steroid dienone is 1. The van der Waals surface area contributed by atoms with Gasteiger partial charge < -0.3 is 10.8 Å². The third kappa shape index (κ3) is 9.17. The average Bonchev–Trinajstić information content (AvgIpc) is 1.85. The number of nitrogens with two attached hydrogens (primary N) is 1. The molecular weight excluding hydrogens is 142 g/mol. The molecule has 0 spiro atoms. The van der Waals surface area contributed by atoms with Gasteiger partial charge in [-0.1, -0.05) is 6.08 Å². The van der Waals surface area contributed by atoms with Gasteiger partial charge in [0.1, 0.15) is 0 Å². The van der Waals surface area contributed by atoms with Gasteiger partial charge in [-0.2, -0.15) is 0 Å². The van der Waals surface area contributed by atoms with E-state index in [-0.39, 0.29) is 6.04 Å². The van der Waals surface area contributed by atoms with Gasteiger partial charge in [0.05, 0.1) is 0 Å². The summed E-state index contributed by atoms with van der Waals surface area (Å²) in [5.41, 5.74) is 5.49. The van der Waals surface area contributed by atoms with Gasteiger partial charge in [-0.15, -0.1) is 0 Å². The molecule has 1 unspecified atom stereocenters. The molecule has 0 aromatic rings. The molecule has 11 heavy (non-hydrogen) atoms. The number of carboxylic acid groups (broad SMARTS) is 1. The minimum atomic E-state index is -0.884. The van der Waals surface area contributed by atoms with Crippen LogP contribution in [0.15, 0.2) is 12.2 Å². The first-order valence-electron chi connectivity index (χ1n) is 3.78. The van der Waals surface area contributed by atoms with Crippen LogP contribution >= 0.6 is 0 Å². The monoisotopic (exact) mass is 157 g/mol. The first kappa shape index (κ1) is 10.2. The van der Waals surface area contributed by atoms with Gasteiger partial charge in [-0.05, 0) is 26.2 Å². The molecular formula is C8H15NO2. The van der Waals surface area contributed by atoms with Crippen molar-refractivity contribution >= 4 is 5.97 Å². The summed E-state index contributed by atoms with van der Waals surface area (Å²) in [6.07, 6.45) is 5.53. The number of unbranched alkanes of at least 4 members (excludes halogenated alkanes) is 1. The fourth-order valence-electron chi connectivity index (χ4n) is 0.742. The summed E-state index contributed by atoms with van der Waals surface area (Å²) >= 11 is 0. The summed E-state index contributed by atoms with van der Waals surface area (Å²) in [7, 11) is 0. The molecule has 0 aliphatic carbocycles. The second-order valence-corrected chi connectivity index (χ2v) is 2.65. The summed E-state index contributed by atoms with van der Waals surface area (Å²) in [4.78, 5) is 9.98. The zero-order chi connectivity index (χ0) is 8.69. The molecule has 0 aliphatic heterocycles. The molecule has 3 heteroatoms. The van der Waals surface area contributed by atoms with Crippen molar-refractivity contribution in [3.63, 3.8) is 0 Å². The van der Waals surface area contributed by atoms with Crippen LogP contribution in [0.1, 0.15) is 26.2 Å². The first-order valence-corrected chi connectivity index (χ1v) is 3.78. The summed E-state index contributed by atoms with van der Waals surface area (Å²) in [5.74, 6) is -0.884. The normalized spacial score (nSPS) is 13.6. The van der Waals surface area contributed by atoms with Crippen LogP contribution in [0.3, 0.4) is 0 Å². The molecule has 0 radical (unpaired) electrons. The highest BCUT2D eigenvalue weighted by Crippen LogP contribution is 1.98. The van der Waals surface area contributed by atoms with Crippen molar-refractivity contribution in [2.75, 3.05) is 0 Å². The van der Waals surface area contributed by atoms with E-state index < -0.39 is 5.97 Å². The van der Waals surface area contributed by atoms with Crippen LogP contribution in [0, 0.1) is 0 Å². The highest BCUT2D eigenvalue weighted by atomic mass is 16.4. The Morgan fingerprint density at radius 2 is 2.36 bits per heavy atom. The lowest BCUT2D eigenvalue weighted by Gasteiger charge is -2.00. The Hall–Kier alpha value is -0.830. The van der Waals surface area contributed by atoms with Crippen LogP contribution in [0.2, 0.25) is 0 Å². The predicted molar refractivity (Wildman–Crippen MR) is 44.3 cm³/mol.